The number of nitrogen functional groups attached to an aromatic ring is 1. The molecule has 0 aliphatic carbocycles. The number of ether oxygens (including phenoxy) is 2. The van der Waals surface area contributed by atoms with E-state index in [0.29, 0.717) is 11.6 Å². The van der Waals surface area contributed by atoms with Crippen molar-refractivity contribution in [1.82, 2.24) is 4.98 Å². The number of benzene rings is 1. The Kier molecular flexibility index (Phi) is 4.05. The average Bonchev–Trinajstić information content (AvgIpc) is 2.46. The van der Waals surface area contributed by atoms with Crippen LogP contribution in [0.2, 0.25) is 0 Å². The Morgan fingerprint density at radius 2 is 2.20 bits per heavy atom. The molecule has 6 nitrogen and oxygen atoms in total. The molecule has 2 rings (SSSR count). The molecule has 0 aliphatic rings. The van der Waals surface area contributed by atoms with E-state index in [9.17, 15) is 4.79 Å². The second-order valence-electron chi connectivity index (χ2n) is 4.01. The Labute approximate surface area is 115 Å². The van der Waals surface area contributed by atoms with Gasteiger partial charge in [0.25, 0.3) is 0 Å². The van der Waals surface area contributed by atoms with Crippen LogP contribution in [0.5, 0.6) is 11.6 Å². The van der Waals surface area contributed by atoms with E-state index in [0.717, 1.165) is 5.56 Å². The van der Waals surface area contributed by atoms with E-state index in [1.165, 1.54) is 19.2 Å². The molecule has 3 N–H and O–H groups in total. The number of hydrogen-bond acceptors (Lipinski definition) is 5. The highest BCUT2D eigenvalue weighted by Gasteiger charge is 2.10. The van der Waals surface area contributed by atoms with E-state index in [4.69, 9.17) is 20.3 Å². The molecule has 0 fully saturated rings. The van der Waals surface area contributed by atoms with Gasteiger partial charge in [-0.2, -0.15) is 0 Å². The lowest BCUT2D eigenvalue weighted by molar-refractivity contribution is 0.0697. The van der Waals surface area contributed by atoms with E-state index in [1.807, 2.05) is 6.07 Å². The molecule has 0 radical (unpaired) electrons. The number of aromatic nitrogens is 1. The first-order valence-corrected chi connectivity index (χ1v) is 5.85. The second kappa shape index (κ2) is 5.92. The summed E-state index contributed by atoms with van der Waals surface area (Å²) in [5.74, 6) is -0.198. The Morgan fingerprint density at radius 1 is 1.40 bits per heavy atom. The molecule has 2 aromatic rings. The van der Waals surface area contributed by atoms with Crippen molar-refractivity contribution in [3.63, 3.8) is 0 Å². The topological polar surface area (TPSA) is 94.7 Å². The Morgan fingerprint density at radius 3 is 2.90 bits per heavy atom. The Balaban J connectivity index is 2.15. The molecule has 104 valence electrons. The maximum absolute atomic E-state index is 11.0. The third-order valence-electron chi connectivity index (χ3n) is 2.69. The molecule has 20 heavy (non-hydrogen) atoms. The van der Waals surface area contributed by atoms with E-state index in [1.54, 1.807) is 18.3 Å². The van der Waals surface area contributed by atoms with E-state index in [2.05, 4.69) is 4.98 Å². The zero-order valence-electron chi connectivity index (χ0n) is 10.9. The number of carboxylic acids is 1. The first-order valence-electron chi connectivity index (χ1n) is 5.85. The van der Waals surface area contributed by atoms with Crippen LogP contribution in [0.3, 0.4) is 0 Å². The normalized spacial score (nSPS) is 10.1. The summed E-state index contributed by atoms with van der Waals surface area (Å²) in [4.78, 5) is 15.0. The van der Waals surface area contributed by atoms with Gasteiger partial charge in [-0.25, -0.2) is 9.78 Å². The highest BCUT2D eigenvalue weighted by atomic mass is 16.5. The van der Waals surface area contributed by atoms with Gasteiger partial charge in [0.2, 0.25) is 5.88 Å². The summed E-state index contributed by atoms with van der Waals surface area (Å²) in [7, 11) is 1.53. The van der Waals surface area contributed by atoms with E-state index >= 15 is 0 Å². The van der Waals surface area contributed by atoms with Crippen molar-refractivity contribution < 1.29 is 19.4 Å². The molecule has 0 bridgehead atoms. The zero-order chi connectivity index (χ0) is 14.5. The number of aromatic carboxylic acids is 1. The zero-order valence-corrected chi connectivity index (χ0v) is 10.9. The number of carbonyl (C=O) groups is 1. The third-order valence-corrected chi connectivity index (χ3v) is 2.69. The van der Waals surface area contributed by atoms with Gasteiger partial charge in [0.15, 0.2) is 0 Å². The standard InChI is InChI=1S/C14H14N2O4/c1-19-13-9(3-2-6-16-13)8-20-10-4-5-12(15)11(7-10)14(17)18/h2-7H,8,15H2,1H3,(H,17,18). The van der Waals surface area contributed by atoms with Gasteiger partial charge in [0.05, 0.1) is 18.2 Å². The van der Waals surface area contributed by atoms with Crippen LogP contribution in [0.15, 0.2) is 36.5 Å². The highest BCUT2D eigenvalue weighted by Crippen LogP contribution is 2.22. The van der Waals surface area contributed by atoms with Crippen molar-refractivity contribution in [2.45, 2.75) is 6.61 Å². The predicted octanol–water partition coefficient (Wildman–Crippen LogP) is 1.95. The van der Waals surface area contributed by atoms with Gasteiger partial charge < -0.3 is 20.3 Å². The lowest BCUT2D eigenvalue weighted by atomic mass is 10.2. The number of hydrogen-bond donors (Lipinski definition) is 2. The maximum Gasteiger partial charge on any atom is 0.337 e. The number of pyridine rings is 1. The summed E-state index contributed by atoms with van der Waals surface area (Å²) in [5.41, 5.74) is 6.56. The van der Waals surface area contributed by atoms with Gasteiger partial charge in [-0.05, 0) is 30.3 Å². The summed E-state index contributed by atoms with van der Waals surface area (Å²) < 4.78 is 10.7. The fraction of sp³-hybridized carbons (Fsp3) is 0.143. The molecule has 0 aliphatic heterocycles. The minimum atomic E-state index is -1.09. The second-order valence-corrected chi connectivity index (χ2v) is 4.01. The fourth-order valence-corrected chi connectivity index (χ4v) is 1.69. The minimum absolute atomic E-state index is 0.0145. The molecule has 1 heterocycles. The van der Waals surface area contributed by atoms with Crippen LogP contribution in [0.25, 0.3) is 0 Å². The molecule has 1 aromatic carbocycles. The van der Waals surface area contributed by atoms with Crippen LogP contribution in [0.4, 0.5) is 5.69 Å². The summed E-state index contributed by atoms with van der Waals surface area (Å²) in [6.45, 7) is 0.222. The number of carboxylic acid groups (broad SMARTS) is 1. The number of methoxy groups -OCH3 is 1. The quantitative estimate of drug-likeness (QED) is 0.809. The summed E-state index contributed by atoms with van der Waals surface area (Å²) in [6.07, 6.45) is 1.62. The fourth-order valence-electron chi connectivity index (χ4n) is 1.69. The van der Waals surface area contributed by atoms with Crippen LogP contribution in [-0.4, -0.2) is 23.2 Å². The van der Waals surface area contributed by atoms with Gasteiger partial charge >= 0.3 is 5.97 Å². The first-order chi connectivity index (χ1) is 9.61. The van der Waals surface area contributed by atoms with E-state index in [-0.39, 0.29) is 17.9 Å². The molecule has 1 aromatic heterocycles. The van der Waals surface area contributed by atoms with Crippen LogP contribution >= 0.6 is 0 Å². The van der Waals surface area contributed by atoms with Crippen molar-refractivity contribution in [3.05, 3.63) is 47.7 Å². The Bertz CT molecular complexity index is 628. The molecule has 0 saturated carbocycles. The molecule has 0 saturated heterocycles. The van der Waals surface area contributed by atoms with Crippen molar-refractivity contribution in [2.24, 2.45) is 0 Å². The highest BCUT2D eigenvalue weighted by molar-refractivity contribution is 5.94. The third kappa shape index (κ3) is 2.97. The predicted molar refractivity (Wildman–Crippen MR) is 72.9 cm³/mol. The van der Waals surface area contributed by atoms with Crippen molar-refractivity contribution in [2.75, 3.05) is 12.8 Å². The van der Waals surface area contributed by atoms with Crippen LogP contribution in [0, 0.1) is 0 Å². The van der Waals surface area contributed by atoms with E-state index < -0.39 is 5.97 Å². The molecule has 0 unspecified atom stereocenters. The van der Waals surface area contributed by atoms with Gasteiger partial charge in [-0.15, -0.1) is 0 Å². The van der Waals surface area contributed by atoms with Gasteiger partial charge in [-0.1, -0.05) is 0 Å². The first kappa shape index (κ1) is 13.7. The molecule has 0 spiro atoms. The maximum atomic E-state index is 11.0. The number of nitrogens with two attached hydrogens (primary N) is 1. The number of rotatable bonds is 5. The summed E-state index contributed by atoms with van der Waals surface area (Å²) in [5, 5.41) is 8.99. The van der Waals surface area contributed by atoms with Gasteiger partial charge in [0, 0.05) is 11.9 Å². The van der Waals surface area contributed by atoms with Crippen LogP contribution in [-0.2, 0) is 6.61 Å². The smallest absolute Gasteiger partial charge is 0.337 e. The van der Waals surface area contributed by atoms with Gasteiger partial charge in [0.1, 0.15) is 12.4 Å². The number of anilines is 1. The lowest BCUT2D eigenvalue weighted by Crippen LogP contribution is -2.04. The minimum Gasteiger partial charge on any atom is -0.489 e. The average molecular weight is 274 g/mol. The van der Waals surface area contributed by atoms with Crippen molar-refractivity contribution in [1.29, 1.82) is 0 Å². The largest absolute Gasteiger partial charge is 0.489 e. The summed E-state index contributed by atoms with van der Waals surface area (Å²) >= 11 is 0. The summed E-state index contributed by atoms with van der Waals surface area (Å²) in [6, 6.07) is 8.10. The molecular weight excluding hydrogens is 260 g/mol. The van der Waals surface area contributed by atoms with Crippen LogP contribution < -0.4 is 15.2 Å². The monoisotopic (exact) mass is 274 g/mol. The van der Waals surface area contributed by atoms with Crippen molar-refractivity contribution >= 4 is 11.7 Å². The molecule has 0 atom stereocenters. The number of nitrogens with zero attached hydrogens (tertiary/aromatic N) is 1. The van der Waals surface area contributed by atoms with Crippen molar-refractivity contribution in [3.8, 4) is 11.6 Å². The van der Waals surface area contributed by atoms with Crippen LogP contribution in [0.1, 0.15) is 15.9 Å². The Hall–Kier alpha value is -2.76. The molecular formula is C14H14N2O4. The lowest BCUT2D eigenvalue weighted by Gasteiger charge is -2.10. The molecule has 0 amide bonds. The van der Waals surface area contributed by atoms with Gasteiger partial charge in [-0.3, -0.25) is 0 Å². The SMILES string of the molecule is COc1ncccc1COc1ccc(N)c(C(=O)O)c1. The molecule has 6 heteroatoms.